The summed E-state index contributed by atoms with van der Waals surface area (Å²) in [7, 11) is -4.22. The third-order valence-corrected chi connectivity index (χ3v) is 20.5. The monoisotopic (exact) mass is 593 g/mol. The molecule has 3 nitrogen and oxygen atoms in total. The predicted octanol–water partition coefficient (Wildman–Crippen LogP) is 8.29. The molecule has 0 bridgehead atoms. The van der Waals surface area contributed by atoms with Crippen molar-refractivity contribution < 1.29 is 8.85 Å². The molecule has 2 aromatic carbocycles. The van der Waals surface area contributed by atoms with Crippen LogP contribution in [0.4, 0.5) is 0 Å². The summed E-state index contributed by atoms with van der Waals surface area (Å²) >= 11 is 0. The summed E-state index contributed by atoms with van der Waals surface area (Å²) in [5, 5.41) is 7.31. The Kier molecular flexibility index (Phi) is 10.2. The molecule has 1 aliphatic carbocycles. The summed E-state index contributed by atoms with van der Waals surface area (Å²) in [5.74, 6) is 1.17. The van der Waals surface area contributed by atoms with Crippen molar-refractivity contribution >= 4 is 27.0 Å². The molecule has 0 radical (unpaired) electrons. The molecule has 4 rings (SSSR count). The second-order valence-electron chi connectivity index (χ2n) is 15.7. The Hall–Kier alpha value is -1.25. The van der Waals surface area contributed by atoms with Crippen molar-refractivity contribution in [1.29, 1.82) is 0 Å². The summed E-state index contributed by atoms with van der Waals surface area (Å²) < 4.78 is 14.0. The predicted molar refractivity (Wildman–Crippen MR) is 181 cm³/mol. The summed E-state index contributed by atoms with van der Waals surface area (Å²) in [6, 6.07) is 22.8. The number of hydrogen-bond donors (Lipinski definition) is 1. The van der Waals surface area contributed by atoms with E-state index in [0.29, 0.717) is 17.9 Å². The van der Waals surface area contributed by atoms with E-state index in [4.69, 9.17) is 8.85 Å². The highest BCUT2D eigenvalue weighted by Gasteiger charge is 2.52. The molecule has 0 aromatic heterocycles. The van der Waals surface area contributed by atoms with Crippen molar-refractivity contribution in [3.63, 3.8) is 0 Å². The van der Waals surface area contributed by atoms with Crippen LogP contribution < -0.4 is 15.7 Å². The normalized spacial score (nSPS) is 25.0. The highest BCUT2D eigenvalue weighted by Crippen LogP contribution is 2.47. The maximum absolute atomic E-state index is 7.43. The highest BCUT2D eigenvalue weighted by atomic mass is 28.4. The zero-order valence-electron chi connectivity index (χ0n) is 27.7. The zero-order valence-corrected chi connectivity index (χ0v) is 29.7. The molecule has 1 aliphatic heterocycles. The molecular formula is C36H59NO2Si2. The van der Waals surface area contributed by atoms with Crippen LogP contribution in [-0.4, -0.2) is 41.4 Å². The SMILES string of the molecule is C[C@H](CO[Si](c1ccccc1)(c1ccccc1)C(C)(C)C)[C@H]1CCC[C@]12CCC[C@H](CCO[Si](C)(C)C(C)(C)C)N2. The van der Waals surface area contributed by atoms with E-state index in [1.165, 1.54) is 48.9 Å². The van der Waals surface area contributed by atoms with E-state index in [9.17, 15) is 0 Å². The van der Waals surface area contributed by atoms with Crippen molar-refractivity contribution in [3.8, 4) is 0 Å². The number of piperidine rings is 1. The van der Waals surface area contributed by atoms with Gasteiger partial charge in [0.1, 0.15) is 0 Å². The Morgan fingerprint density at radius 1 is 0.805 bits per heavy atom. The first-order valence-electron chi connectivity index (χ1n) is 16.4. The van der Waals surface area contributed by atoms with Crippen LogP contribution in [0.2, 0.25) is 23.2 Å². The van der Waals surface area contributed by atoms with Crippen LogP contribution in [0, 0.1) is 11.8 Å². The minimum Gasteiger partial charge on any atom is -0.417 e. The highest BCUT2D eigenvalue weighted by molar-refractivity contribution is 6.99. The van der Waals surface area contributed by atoms with Gasteiger partial charge in [0.15, 0.2) is 8.32 Å². The fourth-order valence-corrected chi connectivity index (χ4v) is 13.4. The van der Waals surface area contributed by atoms with E-state index in [0.717, 1.165) is 19.6 Å². The van der Waals surface area contributed by atoms with Gasteiger partial charge in [0.2, 0.25) is 0 Å². The van der Waals surface area contributed by atoms with Gasteiger partial charge in [-0.2, -0.15) is 0 Å². The Labute approximate surface area is 254 Å². The van der Waals surface area contributed by atoms with Gasteiger partial charge in [0.05, 0.1) is 0 Å². The quantitative estimate of drug-likeness (QED) is 0.281. The molecule has 1 spiro atoms. The summed E-state index contributed by atoms with van der Waals surface area (Å²) in [5.41, 5.74) is 0.258. The molecule has 1 saturated carbocycles. The van der Waals surface area contributed by atoms with Crippen molar-refractivity contribution in [2.24, 2.45) is 11.8 Å². The average molecular weight is 594 g/mol. The first-order chi connectivity index (χ1) is 19.2. The molecule has 1 saturated heterocycles. The van der Waals surface area contributed by atoms with Gasteiger partial charge in [-0.05, 0) is 77.5 Å². The van der Waals surface area contributed by atoms with E-state index in [-0.39, 0.29) is 15.6 Å². The number of benzene rings is 2. The van der Waals surface area contributed by atoms with Crippen LogP contribution in [0.25, 0.3) is 0 Å². The smallest absolute Gasteiger partial charge is 0.261 e. The van der Waals surface area contributed by atoms with E-state index in [1.54, 1.807) is 0 Å². The molecule has 1 heterocycles. The molecule has 228 valence electrons. The van der Waals surface area contributed by atoms with Gasteiger partial charge in [0, 0.05) is 24.8 Å². The fraction of sp³-hybridized carbons (Fsp3) is 0.667. The van der Waals surface area contributed by atoms with Gasteiger partial charge in [-0.1, -0.05) is 122 Å². The topological polar surface area (TPSA) is 30.5 Å². The van der Waals surface area contributed by atoms with Crippen LogP contribution >= 0.6 is 0 Å². The molecule has 1 N–H and O–H groups in total. The molecule has 2 fully saturated rings. The van der Waals surface area contributed by atoms with Crippen molar-refractivity contribution in [3.05, 3.63) is 60.7 Å². The first kappa shape index (κ1) is 32.7. The van der Waals surface area contributed by atoms with Crippen molar-refractivity contribution in [2.75, 3.05) is 13.2 Å². The lowest BCUT2D eigenvalue weighted by Gasteiger charge is -2.48. The molecular weight excluding hydrogens is 535 g/mol. The Balaban J connectivity index is 1.50. The molecule has 0 amide bonds. The lowest BCUT2D eigenvalue weighted by Crippen LogP contribution is -2.67. The lowest BCUT2D eigenvalue weighted by atomic mass is 9.73. The molecule has 4 atom stereocenters. The van der Waals surface area contributed by atoms with Gasteiger partial charge in [-0.15, -0.1) is 0 Å². The minimum atomic E-state index is -2.52. The Bertz CT molecular complexity index is 1050. The summed E-state index contributed by atoms with van der Waals surface area (Å²) in [6.45, 7) is 23.1. The number of rotatable bonds is 10. The molecule has 2 aliphatic rings. The maximum Gasteiger partial charge on any atom is 0.261 e. The van der Waals surface area contributed by atoms with Crippen molar-refractivity contribution in [1.82, 2.24) is 5.32 Å². The summed E-state index contributed by atoms with van der Waals surface area (Å²) in [4.78, 5) is 0. The average Bonchev–Trinajstić information content (AvgIpc) is 3.31. The van der Waals surface area contributed by atoms with Crippen LogP contribution in [0.3, 0.4) is 0 Å². The molecule has 41 heavy (non-hydrogen) atoms. The van der Waals surface area contributed by atoms with Gasteiger partial charge in [-0.25, -0.2) is 0 Å². The van der Waals surface area contributed by atoms with Crippen LogP contribution in [0.1, 0.15) is 93.4 Å². The standard InChI is InChI=1S/C36H59NO2Si2/c1-29(28-39-41(35(5,6)7,31-19-12-10-13-20-31)32-21-14-11-15-22-32)33-23-17-26-36(33)25-16-18-30(37-36)24-27-38-40(8,9)34(2,3)4/h10-15,19-22,29-30,33,37H,16-18,23-28H2,1-9H3/t29-,30-,33-,36-/m1/s1. The molecule has 5 heteroatoms. The Morgan fingerprint density at radius 3 is 1.85 bits per heavy atom. The summed E-state index contributed by atoms with van der Waals surface area (Å²) in [6.07, 6.45) is 8.99. The van der Waals surface area contributed by atoms with E-state index >= 15 is 0 Å². The molecule has 0 unspecified atom stereocenters. The Morgan fingerprint density at radius 2 is 1.34 bits per heavy atom. The van der Waals surface area contributed by atoms with Crippen LogP contribution in [-0.2, 0) is 8.85 Å². The first-order valence-corrected chi connectivity index (χ1v) is 21.2. The van der Waals surface area contributed by atoms with E-state index < -0.39 is 16.6 Å². The van der Waals surface area contributed by atoms with Gasteiger partial charge >= 0.3 is 0 Å². The van der Waals surface area contributed by atoms with Gasteiger partial charge in [-0.3, -0.25) is 0 Å². The van der Waals surface area contributed by atoms with E-state index in [2.05, 4.69) is 128 Å². The minimum absolute atomic E-state index is 0.0150. The maximum atomic E-state index is 7.43. The molecule has 2 aromatic rings. The van der Waals surface area contributed by atoms with Gasteiger partial charge < -0.3 is 14.2 Å². The third kappa shape index (κ3) is 6.96. The second kappa shape index (κ2) is 12.8. The van der Waals surface area contributed by atoms with Crippen LogP contribution in [0.5, 0.6) is 0 Å². The lowest BCUT2D eigenvalue weighted by molar-refractivity contribution is 0.0861. The number of nitrogens with one attached hydrogen (secondary N) is 1. The second-order valence-corrected chi connectivity index (χ2v) is 24.9. The largest absolute Gasteiger partial charge is 0.417 e. The zero-order chi connectivity index (χ0) is 29.9. The van der Waals surface area contributed by atoms with Crippen molar-refractivity contribution in [2.45, 2.75) is 128 Å². The van der Waals surface area contributed by atoms with Gasteiger partial charge in [0.25, 0.3) is 8.32 Å². The third-order valence-electron chi connectivity index (χ3n) is 10.9. The van der Waals surface area contributed by atoms with E-state index in [1.807, 2.05) is 0 Å². The van der Waals surface area contributed by atoms with Crippen LogP contribution in [0.15, 0.2) is 60.7 Å². The fourth-order valence-electron chi connectivity index (χ4n) is 7.66. The number of hydrogen-bond acceptors (Lipinski definition) is 3.